The van der Waals surface area contributed by atoms with Crippen molar-refractivity contribution in [2.75, 3.05) is 11.4 Å². The van der Waals surface area contributed by atoms with E-state index in [2.05, 4.69) is 0 Å². The molecule has 3 amide bonds. The van der Waals surface area contributed by atoms with Crippen molar-refractivity contribution < 1.29 is 14.7 Å². The van der Waals surface area contributed by atoms with Crippen molar-refractivity contribution in [2.45, 2.75) is 25.3 Å². The Morgan fingerprint density at radius 1 is 1.17 bits per heavy atom. The van der Waals surface area contributed by atoms with Crippen molar-refractivity contribution in [1.29, 1.82) is 0 Å². The van der Waals surface area contributed by atoms with Crippen LogP contribution in [0.2, 0.25) is 0 Å². The number of urea groups is 1. The first-order valence-corrected chi connectivity index (χ1v) is 6.12. The van der Waals surface area contributed by atoms with Crippen LogP contribution in [-0.4, -0.2) is 34.5 Å². The molecule has 2 aliphatic heterocycles. The fourth-order valence-electron chi connectivity index (χ4n) is 2.66. The van der Waals surface area contributed by atoms with Gasteiger partial charge in [-0.1, -0.05) is 12.1 Å². The van der Waals surface area contributed by atoms with Crippen molar-refractivity contribution in [2.24, 2.45) is 0 Å². The predicted molar refractivity (Wildman–Crippen MR) is 65.3 cm³/mol. The van der Waals surface area contributed by atoms with E-state index in [1.165, 1.54) is 6.07 Å². The number of carbonyl (C=O) groups is 2. The molecule has 5 nitrogen and oxygen atoms in total. The van der Waals surface area contributed by atoms with Gasteiger partial charge in [0.25, 0.3) is 5.91 Å². The number of anilines is 1. The smallest absolute Gasteiger partial charge is 0.332 e. The van der Waals surface area contributed by atoms with Crippen LogP contribution >= 0.6 is 0 Å². The van der Waals surface area contributed by atoms with Gasteiger partial charge < -0.3 is 10.0 Å². The van der Waals surface area contributed by atoms with Crippen LogP contribution in [0.3, 0.4) is 0 Å². The average molecular weight is 246 g/mol. The van der Waals surface area contributed by atoms with E-state index < -0.39 is 0 Å². The molecule has 0 radical (unpaired) electrons. The van der Waals surface area contributed by atoms with Gasteiger partial charge >= 0.3 is 6.03 Å². The van der Waals surface area contributed by atoms with Crippen molar-refractivity contribution in [3.8, 4) is 5.75 Å². The molecule has 0 spiro atoms. The molecule has 2 heterocycles. The van der Waals surface area contributed by atoms with E-state index >= 15 is 0 Å². The Morgan fingerprint density at radius 2 is 1.94 bits per heavy atom. The summed E-state index contributed by atoms with van der Waals surface area (Å²) in [6.07, 6.45) is 2.62. The fourth-order valence-corrected chi connectivity index (χ4v) is 2.66. The topological polar surface area (TPSA) is 60.9 Å². The van der Waals surface area contributed by atoms with E-state index in [-0.39, 0.29) is 29.4 Å². The molecule has 3 rings (SSSR count). The summed E-state index contributed by atoms with van der Waals surface area (Å²) in [6, 6.07) is 5.78. The minimum Gasteiger partial charge on any atom is -0.506 e. The lowest BCUT2D eigenvalue weighted by Gasteiger charge is -2.25. The predicted octanol–water partition coefficient (Wildman–Crippen LogP) is 1.71. The molecule has 0 aliphatic carbocycles. The minimum absolute atomic E-state index is 0.0425. The summed E-state index contributed by atoms with van der Waals surface area (Å²) >= 11 is 0. The number of aromatic hydroxyl groups is 1. The summed E-state index contributed by atoms with van der Waals surface area (Å²) in [6.45, 7) is 0.624. The zero-order valence-corrected chi connectivity index (χ0v) is 9.87. The van der Waals surface area contributed by atoms with Crippen molar-refractivity contribution in [1.82, 2.24) is 4.90 Å². The van der Waals surface area contributed by atoms with Crippen molar-refractivity contribution in [3.63, 3.8) is 0 Å². The third-order valence-electron chi connectivity index (χ3n) is 3.57. The first kappa shape index (κ1) is 11.1. The lowest BCUT2D eigenvalue weighted by molar-refractivity contribution is -0.120. The van der Waals surface area contributed by atoms with E-state index in [1.807, 2.05) is 0 Å². The number of rotatable bonds is 1. The standard InChI is InChI=1S/C13H14N2O3/c16-11-7-2-1-5-9(11)15-12(17)10-6-3-4-8-14(10)13(15)18/h1-2,5,7,10,16H,3-4,6,8H2. The van der Waals surface area contributed by atoms with Gasteiger partial charge in [0.05, 0.1) is 5.69 Å². The van der Waals surface area contributed by atoms with Crippen LogP contribution in [-0.2, 0) is 4.79 Å². The number of phenolic OH excluding ortho intramolecular Hbond substituents is 1. The van der Waals surface area contributed by atoms with Crippen LogP contribution in [0.25, 0.3) is 0 Å². The Kier molecular flexibility index (Phi) is 2.47. The minimum atomic E-state index is -0.342. The largest absolute Gasteiger partial charge is 0.506 e. The van der Waals surface area contributed by atoms with Crippen LogP contribution in [0.5, 0.6) is 5.75 Å². The molecule has 2 fully saturated rings. The SMILES string of the molecule is O=C1C2CCCCN2C(=O)N1c1ccccc1O. The molecule has 2 aliphatic rings. The highest BCUT2D eigenvalue weighted by molar-refractivity contribution is 6.22. The molecule has 2 saturated heterocycles. The molecule has 18 heavy (non-hydrogen) atoms. The normalized spacial score (nSPS) is 23.4. The number of piperidine rings is 1. The monoisotopic (exact) mass is 246 g/mol. The summed E-state index contributed by atoms with van der Waals surface area (Å²) in [5.41, 5.74) is 0.280. The summed E-state index contributed by atoms with van der Waals surface area (Å²) in [5.74, 6) is -0.264. The number of fused-ring (bicyclic) bond motifs is 1. The fraction of sp³-hybridized carbons (Fsp3) is 0.385. The summed E-state index contributed by atoms with van der Waals surface area (Å²) in [4.78, 5) is 27.2. The van der Waals surface area contributed by atoms with E-state index in [0.717, 1.165) is 17.7 Å². The van der Waals surface area contributed by atoms with Gasteiger partial charge in [0.15, 0.2) is 0 Å². The Balaban J connectivity index is 2.00. The number of hydrogen-bond acceptors (Lipinski definition) is 3. The first-order chi connectivity index (χ1) is 8.70. The first-order valence-electron chi connectivity index (χ1n) is 6.12. The number of amides is 3. The second-order valence-electron chi connectivity index (χ2n) is 4.65. The quantitative estimate of drug-likeness (QED) is 0.767. The number of carbonyl (C=O) groups excluding carboxylic acids is 2. The van der Waals surface area contributed by atoms with Crippen LogP contribution in [0.4, 0.5) is 10.5 Å². The molecule has 5 heteroatoms. The average Bonchev–Trinajstić information content (AvgIpc) is 2.64. The Bertz CT molecular complexity index is 491. The molecular formula is C13H14N2O3. The van der Waals surface area contributed by atoms with E-state index in [4.69, 9.17) is 0 Å². The summed E-state index contributed by atoms with van der Waals surface area (Å²) in [5, 5.41) is 9.78. The van der Waals surface area contributed by atoms with Crippen LogP contribution < -0.4 is 4.90 Å². The van der Waals surface area contributed by atoms with Gasteiger partial charge in [0.2, 0.25) is 0 Å². The van der Waals surface area contributed by atoms with Gasteiger partial charge in [-0.3, -0.25) is 4.79 Å². The van der Waals surface area contributed by atoms with Gasteiger partial charge in [0.1, 0.15) is 11.8 Å². The van der Waals surface area contributed by atoms with Gasteiger partial charge in [-0.2, -0.15) is 0 Å². The lowest BCUT2D eigenvalue weighted by atomic mass is 10.0. The van der Waals surface area contributed by atoms with Crippen LogP contribution in [0.15, 0.2) is 24.3 Å². The van der Waals surface area contributed by atoms with Gasteiger partial charge in [-0.05, 0) is 31.4 Å². The maximum absolute atomic E-state index is 12.3. The molecule has 1 unspecified atom stereocenters. The third kappa shape index (κ3) is 1.47. The number of nitrogens with zero attached hydrogens (tertiary/aromatic N) is 2. The Hall–Kier alpha value is -2.04. The number of imide groups is 1. The third-order valence-corrected chi connectivity index (χ3v) is 3.57. The second kappa shape index (κ2) is 4.01. The molecule has 94 valence electrons. The highest BCUT2D eigenvalue weighted by atomic mass is 16.3. The van der Waals surface area contributed by atoms with Crippen LogP contribution in [0.1, 0.15) is 19.3 Å². The Morgan fingerprint density at radius 3 is 2.67 bits per heavy atom. The van der Waals surface area contributed by atoms with E-state index in [9.17, 15) is 14.7 Å². The second-order valence-corrected chi connectivity index (χ2v) is 4.65. The van der Waals surface area contributed by atoms with E-state index in [1.54, 1.807) is 23.1 Å². The maximum atomic E-state index is 12.3. The molecule has 1 aromatic rings. The molecular weight excluding hydrogens is 232 g/mol. The summed E-state index contributed by atoms with van der Waals surface area (Å²) in [7, 11) is 0. The van der Waals surface area contributed by atoms with Gasteiger partial charge in [-0.25, -0.2) is 9.69 Å². The number of benzene rings is 1. The number of para-hydroxylation sites is 2. The molecule has 1 atom stereocenters. The molecule has 1 N–H and O–H groups in total. The summed E-state index contributed by atoms with van der Waals surface area (Å²) < 4.78 is 0. The van der Waals surface area contributed by atoms with Crippen molar-refractivity contribution in [3.05, 3.63) is 24.3 Å². The highest BCUT2D eigenvalue weighted by Gasteiger charge is 2.47. The molecule has 0 aromatic heterocycles. The Labute approximate surface area is 105 Å². The zero-order valence-electron chi connectivity index (χ0n) is 9.87. The van der Waals surface area contributed by atoms with Crippen molar-refractivity contribution >= 4 is 17.6 Å². The van der Waals surface area contributed by atoms with Gasteiger partial charge in [0, 0.05) is 6.54 Å². The maximum Gasteiger partial charge on any atom is 0.332 e. The van der Waals surface area contributed by atoms with Gasteiger partial charge in [-0.15, -0.1) is 0 Å². The van der Waals surface area contributed by atoms with E-state index in [0.29, 0.717) is 13.0 Å². The zero-order chi connectivity index (χ0) is 12.7. The molecule has 0 saturated carbocycles. The molecule has 1 aromatic carbocycles. The number of hydrogen-bond donors (Lipinski definition) is 1. The number of phenols is 1. The molecule has 0 bridgehead atoms. The lowest BCUT2D eigenvalue weighted by Crippen LogP contribution is -2.39. The van der Waals surface area contributed by atoms with Crippen LogP contribution in [0, 0.1) is 0 Å². The highest BCUT2D eigenvalue weighted by Crippen LogP contribution is 2.34.